The van der Waals surface area contributed by atoms with Crippen molar-refractivity contribution >= 4 is 17.5 Å². The number of benzene rings is 1. The van der Waals surface area contributed by atoms with Gasteiger partial charge in [0.2, 0.25) is 5.91 Å². The third-order valence-electron chi connectivity index (χ3n) is 2.26. The van der Waals surface area contributed by atoms with Crippen molar-refractivity contribution in [2.75, 3.05) is 19.0 Å². The van der Waals surface area contributed by atoms with E-state index in [1.807, 2.05) is 30.3 Å². The van der Waals surface area contributed by atoms with E-state index in [1.54, 1.807) is 0 Å². The van der Waals surface area contributed by atoms with E-state index in [1.165, 1.54) is 0 Å². The minimum atomic E-state index is -0.229. The summed E-state index contributed by atoms with van der Waals surface area (Å²) in [5.41, 5.74) is 1.08. The Labute approximate surface area is 118 Å². The second kappa shape index (κ2) is 9.07. The van der Waals surface area contributed by atoms with E-state index in [0.29, 0.717) is 0 Å². The van der Waals surface area contributed by atoms with Gasteiger partial charge in [0.05, 0.1) is 6.54 Å². The lowest BCUT2D eigenvalue weighted by Gasteiger charge is -2.07. The molecule has 0 bridgehead atoms. The number of ether oxygens (including phenoxy) is 1. The van der Waals surface area contributed by atoms with Crippen molar-refractivity contribution in [2.24, 2.45) is 0 Å². The molecule has 1 aromatic carbocycles. The number of para-hydroxylation sites is 1. The van der Waals surface area contributed by atoms with Crippen molar-refractivity contribution in [3.63, 3.8) is 0 Å². The van der Waals surface area contributed by atoms with Gasteiger partial charge in [-0.15, -0.1) is 18.2 Å². The monoisotopic (exact) mass is 277 g/mol. The molecule has 0 atom stereocenters. The number of nitrogens with one attached hydrogen (secondary N) is 1. The molecule has 19 heavy (non-hydrogen) atoms. The standard InChI is InChI=1S/C15H16ClNO2/c1-2-7-13-8-3-4-9-14(13)19-11-6-5-10-17-15(18)12-16/h2-4,8-9H,1,7,10-12H2,(H,17,18). The van der Waals surface area contributed by atoms with E-state index >= 15 is 0 Å². The molecule has 0 unspecified atom stereocenters. The quantitative estimate of drug-likeness (QED) is 0.492. The van der Waals surface area contributed by atoms with Gasteiger partial charge in [0.1, 0.15) is 18.2 Å². The van der Waals surface area contributed by atoms with Crippen LogP contribution in [0.3, 0.4) is 0 Å². The van der Waals surface area contributed by atoms with Crippen LogP contribution in [0, 0.1) is 11.8 Å². The number of rotatable bonds is 6. The maximum Gasteiger partial charge on any atom is 0.235 e. The molecule has 0 fully saturated rings. The molecule has 1 aromatic rings. The Balaban J connectivity index is 2.39. The highest BCUT2D eigenvalue weighted by atomic mass is 35.5. The summed E-state index contributed by atoms with van der Waals surface area (Å²) >= 11 is 5.33. The molecule has 0 heterocycles. The van der Waals surface area contributed by atoms with Gasteiger partial charge in [-0.1, -0.05) is 36.1 Å². The first-order valence-electron chi connectivity index (χ1n) is 5.88. The molecule has 1 rings (SSSR count). The minimum Gasteiger partial charge on any atom is -0.481 e. The van der Waals surface area contributed by atoms with Gasteiger partial charge < -0.3 is 10.1 Å². The fourth-order valence-electron chi connectivity index (χ4n) is 1.39. The molecule has 1 N–H and O–H groups in total. The number of amides is 1. The summed E-state index contributed by atoms with van der Waals surface area (Å²) in [6, 6.07) is 7.76. The molecule has 0 radical (unpaired) electrons. The summed E-state index contributed by atoms with van der Waals surface area (Å²) in [5, 5.41) is 2.55. The van der Waals surface area contributed by atoms with Crippen molar-refractivity contribution in [1.82, 2.24) is 5.32 Å². The summed E-state index contributed by atoms with van der Waals surface area (Å²) in [6.45, 7) is 4.27. The summed E-state index contributed by atoms with van der Waals surface area (Å²) in [7, 11) is 0. The summed E-state index contributed by atoms with van der Waals surface area (Å²) < 4.78 is 5.56. The van der Waals surface area contributed by atoms with Crippen LogP contribution in [0.5, 0.6) is 5.75 Å². The summed E-state index contributed by atoms with van der Waals surface area (Å²) in [5.74, 6) is 6.14. The van der Waals surface area contributed by atoms with Gasteiger partial charge in [0.15, 0.2) is 0 Å². The van der Waals surface area contributed by atoms with Crippen LogP contribution in [0.25, 0.3) is 0 Å². The Hall–Kier alpha value is -1.92. The highest BCUT2D eigenvalue weighted by Crippen LogP contribution is 2.18. The summed E-state index contributed by atoms with van der Waals surface area (Å²) in [6.07, 6.45) is 2.59. The van der Waals surface area contributed by atoms with Gasteiger partial charge in [0, 0.05) is 0 Å². The first kappa shape index (κ1) is 15.1. The fourth-order valence-corrected chi connectivity index (χ4v) is 1.48. The lowest BCUT2D eigenvalue weighted by molar-refractivity contribution is -0.118. The topological polar surface area (TPSA) is 38.3 Å². The average molecular weight is 278 g/mol. The number of alkyl halides is 1. The van der Waals surface area contributed by atoms with E-state index in [4.69, 9.17) is 16.3 Å². The van der Waals surface area contributed by atoms with Crippen LogP contribution in [0.4, 0.5) is 0 Å². The Morgan fingerprint density at radius 1 is 1.42 bits per heavy atom. The maximum atomic E-state index is 10.8. The Bertz CT molecular complexity index is 488. The van der Waals surface area contributed by atoms with Crippen LogP contribution in [0.2, 0.25) is 0 Å². The Morgan fingerprint density at radius 3 is 2.95 bits per heavy atom. The molecule has 4 heteroatoms. The third kappa shape index (κ3) is 5.98. The predicted molar refractivity (Wildman–Crippen MR) is 77.3 cm³/mol. The van der Waals surface area contributed by atoms with Gasteiger partial charge in [-0.05, 0) is 18.1 Å². The number of carbonyl (C=O) groups is 1. The second-order valence-corrected chi connectivity index (χ2v) is 3.92. The molecule has 0 spiro atoms. The van der Waals surface area contributed by atoms with Crippen LogP contribution in [-0.4, -0.2) is 24.9 Å². The Morgan fingerprint density at radius 2 is 2.21 bits per heavy atom. The van der Waals surface area contributed by atoms with Gasteiger partial charge >= 0.3 is 0 Å². The van der Waals surface area contributed by atoms with Crippen molar-refractivity contribution in [3.8, 4) is 17.6 Å². The van der Waals surface area contributed by atoms with Crippen molar-refractivity contribution in [2.45, 2.75) is 6.42 Å². The van der Waals surface area contributed by atoms with Crippen LogP contribution in [-0.2, 0) is 11.2 Å². The molecule has 0 aliphatic carbocycles. The van der Waals surface area contributed by atoms with E-state index in [0.717, 1.165) is 17.7 Å². The Kier molecular flexibility index (Phi) is 7.23. The van der Waals surface area contributed by atoms with Crippen molar-refractivity contribution in [3.05, 3.63) is 42.5 Å². The minimum absolute atomic E-state index is 0.0485. The highest BCUT2D eigenvalue weighted by molar-refractivity contribution is 6.27. The molecule has 0 saturated carbocycles. The zero-order valence-corrected chi connectivity index (χ0v) is 11.4. The number of hydrogen-bond acceptors (Lipinski definition) is 2. The number of hydrogen-bond donors (Lipinski definition) is 1. The lowest BCUT2D eigenvalue weighted by atomic mass is 10.1. The fraction of sp³-hybridized carbons (Fsp3) is 0.267. The molecule has 0 aromatic heterocycles. The molecular formula is C15H16ClNO2. The highest BCUT2D eigenvalue weighted by Gasteiger charge is 1.99. The van der Waals surface area contributed by atoms with E-state index in [-0.39, 0.29) is 24.9 Å². The molecular weight excluding hydrogens is 262 g/mol. The van der Waals surface area contributed by atoms with Gasteiger partial charge in [0.25, 0.3) is 0 Å². The lowest BCUT2D eigenvalue weighted by Crippen LogP contribution is -2.24. The van der Waals surface area contributed by atoms with Crippen molar-refractivity contribution < 1.29 is 9.53 Å². The van der Waals surface area contributed by atoms with Crippen LogP contribution < -0.4 is 10.1 Å². The second-order valence-electron chi connectivity index (χ2n) is 3.65. The summed E-state index contributed by atoms with van der Waals surface area (Å²) in [4.78, 5) is 10.8. The van der Waals surface area contributed by atoms with Gasteiger partial charge in [-0.3, -0.25) is 4.79 Å². The zero-order valence-electron chi connectivity index (χ0n) is 10.6. The normalized spacial score (nSPS) is 9.11. The maximum absolute atomic E-state index is 10.8. The molecule has 1 amide bonds. The average Bonchev–Trinajstić information content (AvgIpc) is 2.44. The van der Waals surface area contributed by atoms with E-state index in [2.05, 4.69) is 23.7 Å². The molecule has 3 nitrogen and oxygen atoms in total. The zero-order chi connectivity index (χ0) is 13.9. The predicted octanol–water partition coefficient (Wildman–Crippen LogP) is 2.15. The van der Waals surface area contributed by atoms with E-state index < -0.39 is 0 Å². The van der Waals surface area contributed by atoms with Crippen LogP contribution in [0.15, 0.2) is 36.9 Å². The first-order valence-corrected chi connectivity index (χ1v) is 6.41. The number of carbonyl (C=O) groups excluding carboxylic acids is 1. The van der Waals surface area contributed by atoms with Crippen LogP contribution in [0.1, 0.15) is 5.56 Å². The van der Waals surface area contributed by atoms with Gasteiger partial charge in [-0.25, -0.2) is 0 Å². The smallest absolute Gasteiger partial charge is 0.235 e. The number of allylic oxidation sites excluding steroid dienone is 1. The molecule has 100 valence electrons. The molecule has 0 aliphatic heterocycles. The molecule has 0 saturated heterocycles. The van der Waals surface area contributed by atoms with E-state index in [9.17, 15) is 4.79 Å². The SMILES string of the molecule is C=CCc1ccccc1OCC#CCNC(=O)CCl. The largest absolute Gasteiger partial charge is 0.481 e. The van der Waals surface area contributed by atoms with Crippen molar-refractivity contribution in [1.29, 1.82) is 0 Å². The molecule has 0 aliphatic rings. The van der Waals surface area contributed by atoms with Crippen LogP contribution >= 0.6 is 11.6 Å². The van der Waals surface area contributed by atoms with Gasteiger partial charge in [-0.2, -0.15) is 0 Å². The first-order chi connectivity index (χ1) is 9.27. The third-order valence-corrected chi connectivity index (χ3v) is 2.50. The number of halogens is 1.